The van der Waals surface area contributed by atoms with Gasteiger partial charge in [-0.2, -0.15) is 0 Å². The Kier molecular flexibility index (Phi) is 7.34. The zero-order valence-electron chi connectivity index (χ0n) is 15.8. The standard InChI is InChI=1S/C17H22BN3O7.ClH/c1-9(20-13(22)6-19)16(23)21-7-11(8-21)27-12-3-2-10-4-5-18(26)28-15(10)14(12)17(24)25;/h2-3,9,11,26H,4-8,19H2,1H3,(H,20,22)(H,24,25);1H. The van der Waals surface area contributed by atoms with E-state index < -0.39 is 25.0 Å². The number of nitrogens with two attached hydrogens (primary N) is 1. The molecule has 1 unspecified atom stereocenters. The maximum absolute atomic E-state index is 12.3. The Bertz CT molecular complexity index is 803. The van der Waals surface area contributed by atoms with Crippen molar-refractivity contribution in [3.8, 4) is 11.5 Å². The molecule has 1 fully saturated rings. The lowest BCUT2D eigenvalue weighted by molar-refractivity contribution is -0.143. The van der Waals surface area contributed by atoms with Crippen molar-refractivity contribution in [2.45, 2.75) is 31.8 Å². The number of carbonyl (C=O) groups excluding carboxylic acids is 2. The van der Waals surface area contributed by atoms with Gasteiger partial charge in [0.15, 0.2) is 0 Å². The van der Waals surface area contributed by atoms with Crippen LogP contribution in [-0.4, -0.2) is 71.7 Å². The van der Waals surface area contributed by atoms with Crippen molar-refractivity contribution in [1.82, 2.24) is 10.2 Å². The molecule has 1 aromatic carbocycles. The predicted octanol–water partition coefficient (Wildman–Crippen LogP) is -0.725. The van der Waals surface area contributed by atoms with E-state index in [1.807, 2.05) is 0 Å². The van der Waals surface area contributed by atoms with Crippen LogP contribution in [0.4, 0.5) is 0 Å². The van der Waals surface area contributed by atoms with Crippen LogP contribution in [0, 0.1) is 0 Å². The average Bonchev–Trinajstić information content (AvgIpc) is 2.62. The van der Waals surface area contributed by atoms with Gasteiger partial charge in [-0.1, -0.05) is 6.07 Å². The molecule has 0 aromatic heterocycles. The highest BCUT2D eigenvalue weighted by molar-refractivity contribution is 6.44. The minimum absolute atomic E-state index is 0. The number of benzene rings is 1. The number of carboxylic acids is 1. The molecular formula is C17H23BClN3O7. The van der Waals surface area contributed by atoms with Crippen LogP contribution < -0.4 is 20.4 Å². The third-order valence-electron chi connectivity index (χ3n) is 4.72. The highest BCUT2D eigenvalue weighted by Crippen LogP contribution is 2.37. The molecule has 0 bridgehead atoms. The molecule has 0 saturated carbocycles. The Morgan fingerprint density at radius 3 is 2.72 bits per heavy atom. The molecule has 1 saturated heterocycles. The van der Waals surface area contributed by atoms with Crippen LogP contribution in [0.1, 0.15) is 22.8 Å². The van der Waals surface area contributed by atoms with E-state index in [0.29, 0.717) is 18.3 Å². The maximum Gasteiger partial charge on any atom is 0.522 e. The molecule has 12 heteroatoms. The summed E-state index contributed by atoms with van der Waals surface area (Å²) < 4.78 is 11.1. The number of ether oxygens (including phenoxy) is 1. The van der Waals surface area contributed by atoms with Crippen LogP contribution in [-0.2, 0) is 16.0 Å². The average molecular weight is 428 g/mol. The number of aryl methyl sites for hydroxylation is 1. The van der Waals surface area contributed by atoms with Crippen molar-refractivity contribution in [2.24, 2.45) is 5.73 Å². The molecule has 1 aromatic rings. The molecule has 158 valence electrons. The number of aromatic carboxylic acids is 1. The summed E-state index contributed by atoms with van der Waals surface area (Å²) in [5, 5.41) is 21.7. The smallest absolute Gasteiger partial charge is 0.522 e. The van der Waals surface area contributed by atoms with Crippen molar-refractivity contribution in [2.75, 3.05) is 19.6 Å². The summed E-state index contributed by atoms with van der Waals surface area (Å²) in [6.07, 6.45) is 0.519. The van der Waals surface area contributed by atoms with Gasteiger partial charge in [0.2, 0.25) is 11.8 Å². The summed E-state index contributed by atoms with van der Waals surface area (Å²) in [4.78, 5) is 36.8. The first-order valence-electron chi connectivity index (χ1n) is 8.99. The first kappa shape index (κ1) is 22.8. The van der Waals surface area contributed by atoms with Gasteiger partial charge in [-0.3, -0.25) is 9.59 Å². The normalized spacial score (nSPS) is 16.5. The molecule has 0 radical (unpaired) electrons. The predicted molar refractivity (Wildman–Crippen MR) is 105 cm³/mol. The molecule has 2 heterocycles. The summed E-state index contributed by atoms with van der Waals surface area (Å²) in [6, 6.07) is 2.58. The SMILES string of the molecule is CC(NC(=O)CN)C(=O)N1CC(Oc2ccc3c(c2C(=O)O)OB(O)CC3)C1.Cl. The maximum atomic E-state index is 12.3. The minimum Gasteiger partial charge on any atom is -0.535 e. The number of hydrogen-bond donors (Lipinski definition) is 4. The van der Waals surface area contributed by atoms with E-state index >= 15 is 0 Å². The Balaban J connectivity index is 0.00000300. The molecule has 5 N–H and O–H groups in total. The van der Waals surface area contributed by atoms with E-state index in [2.05, 4.69) is 5.32 Å². The van der Waals surface area contributed by atoms with Crippen LogP contribution in [0.2, 0.25) is 6.32 Å². The van der Waals surface area contributed by atoms with E-state index in [4.69, 9.17) is 15.1 Å². The Morgan fingerprint density at radius 1 is 1.41 bits per heavy atom. The Labute approximate surface area is 173 Å². The van der Waals surface area contributed by atoms with Crippen LogP contribution in [0.25, 0.3) is 0 Å². The van der Waals surface area contributed by atoms with Crippen molar-refractivity contribution in [3.63, 3.8) is 0 Å². The minimum atomic E-state index is -1.22. The number of nitrogens with zero attached hydrogens (tertiary/aromatic N) is 1. The molecule has 0 spiro atoms. The number of likely N-dealkylation sites (tertiary alicyclic amines) is 1. The van der Waals surface area contributed by atoms with Gasteiger partial charge in [-0.05, 0) is 31.3 Å². The van der Waals surface area contributed by atoms with Gasteiger partial charge in [0, 0.05) is 0 Å². The molecule has 0 aliphatic carbocycles. The van der Waals surface area contributed by atoms with Crippen molar-refractivity contribution in [3.05, 3.63) is 23.3 Å². The molecule has 1 atom stereocenters. The zero-order valence-corrected chi connectivity index (χ0v) is 16.6. The lowest BCUT2D eigenvalue weighted by Crippen LogP contribution is -2.60. The van der Waals surface area contributed by atoms with Gasteiger partial charge < -0.3 is 35.5 Å². The number of nitrogens with one attached hydrogen (secondary N) is 1. The van der Waals surface area contributed by atoms with Gasteiger partial charge >= 0.3 is 13.1 Å². The lowest BCUT2D eigenvalue weighted by Gasteiger charge is -2.40. The summed E-state index contributed by atoms with van der Waals surface area (Å²) in [5.74, 6) is -1.66. The van der Waals surface area contributed by atoms with Crippen LogP contribution in [0.15, 0.2) is 12.1 Å². The van der Waals surface area contributed by atoms with Crippen molar-refractivity contribution < 1.29 is 33.9 Å². The molecule has 2 amide bonds. The van der Waals surface area contributed by atoms with E-state index in [-0.39, 0.29) is 61.1 Å². The highest BCUT2D eigenvalue weighted by Gasteiger charge is 2.37. The molecule has 29 heavy (non-hydrogen) atoms. The van der Waals surface area contributed by atoms with Crippen LogP contribution in [0.5, 0.6) is 11.5 Å². The fourth-order valence-corrected chi connectivity index (χ4v) is 3.22. The summed E-state index contributed by atoms with van der Waals surface area (Å²) in [6.45, 7) is 1.90. The number of rotatable bonds is 6. The molecule has 3 rings (SSSR count). The van der Waals surface area contributed by atoms with Gasteiger partial charge in [-0.15, -0.1) is 12.4 Å². The fourth-order valence-electron chi connectivity index (χ4n) is 3.22. The fraction of sp³-hybridized carbons (Fsp3) is 0.471. The Morgan fingerprint density at radius 2 is 2.10 bits per heavy atom. The Hall–Kier alpha value is -2.50. The highest BCUT2D eigenvalue weighted by atomic mass is 35.5. The third-order valence-corrected chi connectivity index (χ3v) is 4.72. The van der Waals surface area contributed by atoms with Crippen LogP contribution in [0.3, 0.4) is 0 Å². The first-order chi connectivity index (χ1) is 13.3. The molecule has 2 aliphatic heterocycles. The van der Waals surface area contributed by atoms with E-state index in [9.17, 15) is 24.5 Å². The van der Waals surface area contributed by atoms with Gasteiger partial charge in [0.05, 0.1) is 19.6 Å². The second-order valence-corrected chi connectivity index (χ2v) is 6.82. The topological polar surface area (TPSA) is 151 Å². The number of halogens is 1. The molecule has 10 nitrogen and oxygen atoms in total. The third kappa shape index (κ3) is 4.92. The number of amides is 2. The lowest BCUT2D eigenvalue weighted by atomic mass is 9.78. The van der Waals surface area contributed by atoms with Crippen molar-refractivity contribution >= 4 is 37.3 Å². The number of carbonyl (C=O) groups is 3. The summed E-state index contributed by atoms with van der Waals surface area (Å²) in [7, 11) is -1.05. The number of hydrogen-bond acceptors (Lipinski definition) is 7. The zero-order chi connectivity index (χ0) is 20.4. The summed E-state index contributed by atoms with van der Waals surface area (Å²) in [5.41, 5.74) is 5.78. The number of carboxylic acid groups (broad SMARTS) is 1. The van der Waals surface area contributed by atoms with E-state index in [1.165, 1.54) is 4.90 Å². The number of fused-ring (bicyclic) bond motifs is 1. The second-order valence-electron chi connectivity index (χ2n) is 6.82. The second kappa shape index (κ2) is 9.34. The van der Waals surface area contributed by atoms with Gasteiger partial charge in [-0.25, -0.2) is 4.79 Å². The first-order valence-corrected chi connectivity index (χ1v) is 8.99. The quantitative estimate of drug-likeness (QED) is 0.434. The van der Waals surface area contributed by atoms with E-state index in [0.717, 1.165) is 0 Å². The summed E-state index contributed by atoms with van der Waals surface area (Å²) >= 11 is 0. The molecule has 2 aliphatic rings. The largest absolute Gasteiger partial charge is 0.535 e. The molecular weight excluding hydrogens is 404 g/mol. The monoisotopic (exact) mass is 427 g/mol. The van der Waals surface area contributed by atoms with Gasteiger partial charge in [0.1, 0.15) is 29.2 Å². The van der Waals surface area contributed by atoms with E-state index in [1.54, 1.807) is 19.1 Å². The van der Waals surface area contributed by atoms with Gasteiger partial charge in [0.25, 0.3) is 0 Å². The van der Waals surface area contributed by atoms with Crippen molar-refractivity contribution in [1.29, 1.82) is 0 Å². The van der Waals surface area contributed by atoms with Crippen LogP contribution >= 0.6 is 12.4 Å².